The fourth-order valence-electron chi connectivity index (χ4n) is 3.04. The van der Waals surface area contributed by atoms with Crippen LogP contribution in [0.15, 0.2) is 48.5 Å². The molecule has 0 radical (unpaired) electrons. The van der Waals surface area contributed by atoms with E-state index in [1.807, 2.05) is 44.2 Å². The van der Waals surface area contributed by atoms with Crippen LogP contribution in [-0.4, -0.2) is 22.2 Å². The van der Waals surface area contributed by atoms with Crippen molar-refractivity contribution < 1.29 is 13.6 Å². The molecule has 146 valence electrons. The van der Waals surface area contributed by atoms with Gasteiger partial charge >= 0.3 is 0 Å². The zero-order chi connectivity index (χ0) is 20.3. The maximum atomic E-state index is 13.9. The Morgan fingerprint density at radius 3 is 2.54 bits per heavy atom. The molecule has 0 bridgehead atoms. The van der Waals surface area contributed by atoms with Crippen molar-refractivity contribution in [2.45, 2.75) is 26.8 Å². The van der Waals surface area contributed by atoms with Gasteiger partial charge in [-0.15, -0.1) is 0 Å². The van der Waals surface area contributed by atoms with E-state index in [1.54, 1.807) is 11.6 Å². The molecule has 2 aromatic carbocycles. The number of halogens is 2. The van der Waals surface area contributed by atoms with Gasteiger partial charge in [-0.2, -0.15) is 5.10 Å². The van der Waals surface area contributed by atoms with E-state index < -0.39 is 17.7 Å². The highest BCUT2D eigenvalue weighted by atomic mass is 19.1. The second-order valence-electron chi connectivity index (χ2n) is 6.61. The number of hydrogen-bond acceptors (Lipinski definition) is 3. The molecule has 1 aromatic heterocycles. The van der Waals surface area contributed by atoms with Crippen LogP contribution in [0.3, 0.4) is 0 Å². The lowest BCUT2D eigenvalue weighted by Gasteiger charge is -2.15. The number of nitrogens with zero attached hydrogens (tertiary/aromatic N) is 2. The summed E-state index contributed by atoms with van der Waals surface area (Å²) < 4.78 is 28.7. The Hall–Kier alpha value is -3.06. The summed E-state index contributed by atoms with van der Waals surface area (Å²) in [5.74, 6) is -1.54. The van der Waals surface area contributed by atoms with Crippen LogP contribution in [0.4, 0.5) is 14.5 Å². The Labute approximate surface area is 162 Å². The lowest BCUT2D eigenvalue weighted by molar-refractivity contribution is -0.115. The van der Waals surface area contributed by atoms with Crippen molar-refractivity contribution in [3.8, 4) is 5.69 Å². The summed E-state index contributed by atoms with van der Waals surface area (Å²) in [5, 5.41) is 10.3. The summed E-state index contributed by atoms with van der Waals surface area (Å²) in [6.45, 7) is 5.40. The topological polar surface area (TPSA) is 59.0 Å². The number of aryl methyl sites for hydroxylation is 1. The van der Waals surface area contributed by atoms with Gasteiger partial charge in [-0.05, 0) is 39.0 Å². The van der Waals surface area contributed by atoms with Gasteiger partial charge in [0.25, 0.3) is 0 Å². The van der Waals surface area contributed by atoms with E-state index in [4.69, 9.17) is 0 Å². The van der Waals surface area contributed by atoms with Gasteiger partial charge < -0.3 is 10.6 Å². The lowest BCUT2D eigenvalue weighted by Crippen LogP contribution is -2.30. The molecule has 0 saturated carbocycles. The monoisotopic (exact) mass is 384 g/mol. The van der Waals surface area contributed by atoms with E-state index in [2.05, 4.69) is 15.7 Å². The largest absolute Gasteiger partial charge is 0.322 e. The number of aromatic nitrogens is 2. The van der Waals surface area contributed by atoms with E-state index in [9.17, 15) is 13.6 Å². The number of benzene rings is 2. The first kappa shape index (κ1) is 19.7. The lowest BCUT2D eigenvalue weighted by atomic mass is 10.1. The number of carbonyl (C=O) groups excluding carboxylic acids is 1. The molecular formula is C21H22F2N4O. The number of hydrogen-bond donors (Lipinski definition) is 2. The van der Waals surface area contributed by atoms with Crippen LogP contribution in [0.1, 0.15) is 29.9 Å². The van der Waals surface area contributed by atoms with E-state index >= 15 is 0 Å². The average Bonchev–Trinajstić information content (AvgIpc) is 2.95. The van der Waals surface area contributed by atoms with Crippen molar-refractivity contribution in [2.75, 3.05) is 11.9 Å². The van der Waals surface area contributed by atoms with Gasteiger partial charge in [0.2, 0.25) is 5.91 Å². The zero-order valence-electron chi connectivity index (χ0n) is 16.0. The molecule has 0 aliphatic carbocycles. The summed E-state index contributed by atoms with van der Waals surface area (Å²) in [5.41, 5.74) is 3.37. The predicted octanol–water partition coefficient (Wildman–Crippen LogP) is 4.06. The molecule has 1 amide bonds. The van der Waals surface area contributed by atoms with Crippen molar-refractivity contribution in [1.82, 2.24) is 15.1 Å². The Kier molecular flexibility index (Phi) is 5.84. The van der Waals surface area contributed by atoms with Crippen molar-refractivity contribution >= 4 is 11.6 Å². The number of para-hydroxylation sites is 1. The van der Waals surface area contributed by atoms with Gasteiger partial charge in [0, 0.05) is 17.7 Å². The van der Waals surface area contributed by atoms with E-state index in [0.717, 1.165) is 17.4 Å². The molecule has 0 spiro atoms. The molecule has 0 unspecified atom stereocenters. The zero-order valence-corrected chi connectivity index (χ0v) is 16.0. The highest BCUT2D eigenvalue weighted by Gasteiger charge is 2.17. The Morgan fingerprint density at radius 1 is 1.14 bits per heavy atom. The number of carbonyl (C=O) groups is 1. The van der Waals surface area contributed by atoms with Crippen LogP contribution in [0, 0.1) is 25.5 Å². The second-order valence-corrected chi connectivity index (χ2v) is 6.61. The highest BCUT2D eigenvalue weighted by molar-refractivity contribution is 5.93. The maximum absolute atomic E-state index is 13.9. The molecule has 0 fully saturated rings. The number of nitrogens with one attached hydrogen (secondary N) is 2. The first-order valence-electron chi connectivity index (χ1n) is 8.96. The van der Waals surface area contributed by atoms with Crippen LogP contribution in [0.2, 0.25) is 0 Å². The third kappa shape index (κ3) is 4.26. The fourth-order valence-corrected chi connectivity index (χ4v) is 3.04. The minimum Gasteiger partial charge on any atom is -0.322 e. The van der Waals surface area contributed by atoms with Crippen molar-refractivity contribution in [3.05, 3.63) is 77.1 Å². The molecule has 1 atom stereocenters. The Bertz CT molecular complexity index is 986. The number of rotatable bonds is 6. The average molecular weight is 384 g/mol. The molecule has 28 heavy (non-hydrogen) atoms. The van der Waals surface area contributed by atoms with E-state index in [0.29, 0.717) is 16.9 Å². The summed E-state index contributed by atoms with van der Waals surface area (Å²) in [4.78, 5) is 12.4. The van der Waals surface area contributed by atoms with Gasteiger partial charge in [-0.1, -0.05) is 24.3 Å². The van der Waals surface area contributed by atoms with Crippen LogP contribution < -0.4 is 10.6 Å². The van der Waals surface area contributed by atoms with Gasteiger partial charge in [0.05, 0.1) is 29.3 Å². The summed E-state index contributed by atoms with van der Waals surface area (Å²) in [6.07, 6.45) is 0. The molecular weight excluding hydrogens is 362 g/mol. The van der Waals surface area contributed by atoms with E-state index in [-0.39, 0.29) is 12.5 Å². The normalized spacial score (nSPS) is 12.0. The molecule has 3 rings (SSSR count). The molecule has 0 aliphatic heterocycles. The third-order valence-corrected chi connectivity index (χ3v) is 4.55. The SMILES string of the molecule is Cc1nn(-c2ccccc2)c(C)c1NC(=O)CN[C@H](C)c1ccc(F)cc1F. The minimum atomic E-state index is -0.642. The molecule has 3 aromatic rings. The smallest absolute Gasteiger partial charge is 0.238 e. The predicted molar refractivity (Wildman–Crippen MR) is 104 cm³/mol. The molecule has 2 N–H and O–H groups in total. The van der Waals surface area contributed by atoms with Crippen molar-refractivity contribution in [3.63, 3.8) is 0 Å². The Balaban J connectivity index is 1.66. The highest BCUT2D eigenvalue weighted by Crippen LogP contribution is 2.23. The molecule has 0 aliphatic rings. The van der Waals surface area contributed by atoms with Crippen molar-refractivity contribution in [1.29, 1.82) is 0 Å². The molecule has 1 heterocycles. The fraction of sp³-hybridized carbons (Fsp3) is 0.238. The second kappa shape index (κ2) is 8.31. The van der Waals surface area contributed by atoms with Gasteiger partial charge in [0.15, 0.2) is 0 Å². The molecule has 7 heteroatoms. The van der Waals surface area contributed by atoms with Crippen molar-refractivity contribution in [2.24, 2.45) is 0 Å². The van der Waals surface area contributed by atoms with Crippen LogP contribution in [0.25, 0.3) is 5.69 Å². The van der Waals surface area contributed by atoms with Crippen LogP contribution >= 0.6 is 0 Å². The van der Waals surface area contributed by atoms with Gasteiger partial charge in [-0.25, -0.2) is 13.5 Å². The summed E-state index contributed by atoms with van der Waals surface area (Å²) in [7, 11) is 0. The summed E-state index contributed by atoms with van der Waals surface area (Å²) >= 11 is 0. The van der Waals surface area contributed by atoms with E-state index in [1.165, 1.54) is 12.1 Å². The maximum Gasteiger partial charge on any atom is 0.238 e. The van der Waals surface area contributed by atoms with Crippen LogP contribution in [-0.2, 0) is 4.79 Å². The van der Waals surface area contributed by atoms with Gasteiger partial charge in [-0.3, -0.25) is 4.79 Å². The Morgan fingerprint density at radius 2 is 1.86 bits per heavy atom. The van der Waals surface area contributed by atoms with Crippen LogP contribution in [0.5, 0.6) is 0 Å². The van der Waals surface area contributed by atoms with Gasteiger partial charge in [0.1, 0.15) is 11.6 Å². The quantitative estimate of drug-likeness (QED) is 0.674. The summed E-state index contributed by atoms with van der Waals surface area (Å²) in [6, 6.07) is 12.6. The minimum absolute atomic E-state index is 0.0205. The third-order valence-electron chi connectivity index (χ3n) is 4.55. The number of anilines is 1. The molecule has 0 saturated heterocycles. The first-order chi connectivity index (χ1) is 13.4. The molecule has 5 nitrogen and oxygen atoms in total. The first-order valence-corrected chi connectivity index (χ1v) is 8.96. The standard InChI is InChI=1S/C21H22F2N4O/c1-13(18-10-9-16(22)11-19(18)23)24-12-20(28)25-21-14(2)26-27(15(21)3)17-7-5-4-6-8-17/h4-11,13,24H,12H2,1-3H3,(H,25,28)/t13-/m1/s1. The number of amides is 1.